The highest BCUT2D eigenvalue weighted by molar-refractivity contribution is 7.50. The molecule has 0 aliphatic rings. The van der Waals surface area contributed by atoms with Gasteiger partial charge in [0, 0.05) is 13.0 Å². The largest absolute Gasteiger partial charge is 0.807 e. The molecule has 15 heavy (non-hydrogen) atoms. The maximum atomic E-state index is 11.1. The Morgan fingerprint density at radius 3 is 2.13 bits per heavy atom. The van der Waals surface area contributed by atoms with E-state index in [1.54, 1.807) is 20.8 Å². The summed E-state index contributed by atoms with van der Waals surface area (Å²) in [5, 5.41) is 0. The first-order valence-electron chi connectivity index (χ1n) is 5.16. The van der Waals surface area contributed by atoms with Gasteiger partial charge in [0.05, 0.1) is 6.10 Å². The van der Waals surface area contributed by atoms with Gasteiger partial charge in [-0.3, -0.25) is 0 Å². The molecule has 92 valence electrons. The molecule has 0 N–H and O–H groups in total. The molecule has 0 aromatic rings. The van der Waals surface area contributed by atoms with E-state index in [1.165, 1.54) is 0 Å². The van der Waals surface area contributed by atoms with Gasteiger partial charge in [0.1, 0.15) is 0 Å². The Morgan fingerprint density at radius 2 is 1.87 bits per heavy atom. The van der Waals surface area contributed by atoms with Crippen LogP contribution in [0.5, 0.6) is 0 Å². The van der Waals surface area contributed by atoms with Crippen molar-refractivity contribution in [3.63, 3.8) is 0 Å². The highest BCUT2D eigenvalue weighted by atomic mass is 31.2. The maximum Gasteiger partial charge on any atom is 0.194 e. The van der Waals surface area contributed by atoms with Crippen molar-refractivity contribution in [1.82, 2.24) is 0 Å². The lowest BCUT2D eigenvalue weighted by Crippen LogP contribution is -2.45. The van der Waals surface area contributed by atoms with Crippen LogP contribution in [0, 0.1) is 0 Å². The fourth-order valence-electron chi connectivity index (χ4n) is 1.18. The van der Waals surface area contributed by atoms with Crippen molar-refractivity contribution in [2.45, 2.75) is 52.2 Å². The van der Waals surface area contributed by atoms with Crippen molar-refractivity contribution >= 4 is 7.60 Å². The predicted molar refractivity (Wildman–Crippen MR) is 53.1 cm³/mol. The first-order valence-corrected chi connectivity index (χ1v) is 6.71. The van der Waals surface area contributed by atoms with E-state index in [1.807, 2.05) is 6.92 Å². The van der Waals surface area contributed by atoms with Crippen LogP contribution in [0.15, 0.2) is 0 Å². The molecule has 0 aromatic carbocycles. The van der Waals surface area contributed by atoms with Gasteiger partial charge in [-0.2, -0.15) is 0 Å². The molecule has 0 rings (SSSR count). The third kappa shape index (κ3) is 3.85. The summed E-state index contributed by atoms with van der Waals surface area (Å²) in [6.45, 7) is 6.86. The minimum absolute atomic E-state index is 0.00451. The minimum atomic E-state index is -4.93. The summed E-state index contributed by atoms with van der Waals surface area (Å²) in [5.41, 5.74) is -2.00. The van der Waals surface area contributed by atoms with Crippen molar-refractivity contribution in [2.24, 2.45) is 0 Å². The van der Waals surface area contributed by atoms with Gasteiger partial charge in [0.2, 0.25) is 0 Å². The molecule has 0 fully saturated rings. The lowest BCUT2D eigenvalue weighted by molar-refractivity contribution is -0.360. The summed E-state index contributed by atoms with van der Waals surface area (Å²) in [6, 6.07) is 0. The molecule has 0 aromatic heterocycles. The summed E-state index contributed by atoms with van der Waals surface area (Å²) in [7, 11) is -4.93. The highest BCUT2D eigenvalue weighted by Gasteiger charge is 2.35. The first-order chi connectivity index (χ1) is 6.83. The number of hydrogen-bond donors (Lipinski definition) is 0. The maximum absolute atomic E-state index is 11.1. The Hall–Kier alpha value is 0.0700. The molecule has 0 spiro atoms. The third-order valence-electron chi connectivity index (χ3n) is 2.19. The molecule has 2 unspecified atom stereocenters. The Labute approximate surface area is 90.9 Å². The van der Waals surface area contributed by atoms with Gasteiger partial charge in [0.15, 0.2) is 5.53 Å². The van der Waals surface area contributed by atoms with Crippen molar-refractivity contribution in [3.8, 4) is 0 Å². The Kier molecular flexibility index (Phi) is 5.99. The average Bonchev–Trinajstić information content (AvgIpc) is 2.15. The van der Waals surface area contributed by atoms with E-state index >= 15 is 0 Å². The van der Waals surface area contributed by atoms with Gasteiger partial charge in [-0.25, -0.2) is 0 Å². The SMILES string of the molecule is CCOC(CC)(OC(C)CC)P(=O)([O-])[O-]. The van der Waals surface area contributed by atoms with Crippen LogP contribution in [0.1, 0.15) is 40.5 Å². The number of rotatable bonds is 7. The fraction of sp³-hybridized carbons (Fsp3) is 1.00. The molecule has 0 aliphatic carbocycles. The monoisotopic (exact) mass is 238 g/mol. The molecule has 0 aliphatic heterocycles. The summed E-state index contributed by atoms with van der Waals surface area (Å²) in [5.74, 6) is 0. The highest BCUT2D eigenvalue weighted by Crippen LogP contribution is 2.47. The minimum Gasteiger partial charge on any atom is -0.807 e. The van der Waals surface area contributed by atoms with Crippen molar-refractivity contribution in [2.75, 3.05) is 6.61 Å². The second-order valence-electron chi connectivity index (χ2n) is 3.33. The Balaban J connectivity index is 4.90. The molecule has 0 bridgehead atoms. The smallest absolute Gasteiger partial charge is 0.194 e. The average molecular weight is 238 g/mol. The third-order valence-corrected chi connectivity index (χ3v) is 3.58. The summed E-state index contributed by atoms with van der Waals surface area (Å²) < 4.78 is 21.4. The summed E-state index contributed by atoms with van der Waals surface area (Å²) in [6.07, 6.45) is 0.289. The zero-order valence-corrected chi connectivity index (χ0v) is 10.6. The molecule has 0 radical (unpaired) electrons. The standard InChI is InChI=1S/C9H21O5P/c1-5-8(4)14-9(6-2,13-7-3)15(10,11)12/h8H,5-7H2,1-4H3,(H2,10,11,12)/p-2. The quantitative estimate of drug-likeness (QED) is 0.484. The van der Waals surface area contributed by atoms with Crippen LogP contribution in [0.3, 0.4) is 0 Å². The molecular formula is C9H19O5P-2. The lowest BCUT2D eigenvalue weighted by Gasteiger charge is -2.48. The molecule has 0 saturated heterocycles. The molecule has 5 nitrogen and oxygen atoms in total. The molecular weight excluding hydrogens is 219 g/mol. The molecule has 0 amide bonds. The fourth-order valence-corrected chi connectivity index (χ4v) is 2.16. The van der Waals surface area contributed by atoms with Crippen LogP contribution in [-0.2, 0) is 14.0 Å². The Bertz CT molecular complexity index is 227. The van der Waals surface area contributed by atoms with Gasteiger partial charge >= 0.3 is 0 Å². The number of ether oxygens (including phenoxy) is 2. The van der Waals surface area contributed by atoms with Gasteiger partial charge in [0.25, 0.3) is 0 Å². The second-order valence-corrected chi connectivity index (χ2v) is 5.01. The van der Waals surface area contributed by atoms with Crippen molar-refractivity contribution in [1.29, 1.82) is 0 Å². The zero-order chi connectivity index (χ0) is 12.1. The van der Waals surface area contributed by atoms with Gasteiger partial charge < -0.3 is 23.8 Å². The van der Waals surface area contributed by atoms with E-state index in [0.717, 1.165) is 0 Å². The van der Waals surface area contributed by atoms with Crippen molar-refractivity contribution < 1.29 is 23.8 Å². The van der Waals surface area contributed by atoms with Crippen LogP contribution in [0.2, 0.25) is 0 Å². The molecule has 2 atom stereocenters. The van der Waals surface area contributed by atoms with Gasteiger partial charge in [-0.05, 0) is 27.9 Å². The van der Waals surface area contributed by atoms with E-state index < -0.39 is 13.1 Å². The molecule has 0 saturated carbocycles. The Morgan fingerprint density at radius 1 is 1.33 bits per heavy atom. The zero-order valence-electron chi connectivity index (χ0n) is 9.69. The second kappa shape index (κ2) is 5.97. The normalized spacial score (nSPS) is 18.5. The van der Waals surface area contributed by atoms with Crippen LogP contribution in [0.25, 0.3) is 0 Å². The summed E-state index contributed by atoms with van der Waals surface area (Å²) >= 11 is 0. The predicted octanol–water partition coefficient (Wildman–Crippen LogP) is 0.815. The van der Waals surface area contributed by atoms with E-state index in [-0.39, 0.29) is 19.1 Å². The van der Waals surface area contributed by atoms with E-state index in [9.17, 15) is 14.4 Å². The number of hydrogen-bond acceptors (Lipinski definition) is 5. The lowest BCUT2D eigenvalue weighted by atomic mass is 10.3. The van der Waals surface area contributed by atoms with Crippen LogP contribution in [0.4, 0.5) is 0 Å². The van der Waals surface area contributed by atoms with Gasteiger partial charge in [-0.1, -0.05) is 13.8 Å². The summed E-state index contributed by atoms with van der Waals surface area (Å²) in [4.78, 5) is 22.3. The van der Waals surface area contributed by atoms with Crippen LogP contribution >= 0.6 is 7.60 Å². The van der Waals surface area contributed by atoms with Crippen molar-refractivity contribution in [3.05, 3.63) is 0 Å². The first kappa shape index (κ1) is 15.1. The van der Waals surface area contributed by atoms with E-state index in [4.69, 9.17) is 9.47 Å². The van der Waals surface area contributed by atoms with E-state index in [0.29, 0.717) is 6.42 Å². The molecule has 0 heterocycles. The van der Waals surface area contributed by atoms with Crippen LogP contribution < -0.4 is 9.79 Å². The van der Waals surface area contributed by atoms with Crippen LogP contribution in [-0.4, -0.2) is 18.2 Å². The van der Waals surface area contributed by atoms with Gasteiger partial charge in [-0.15, -0.1) is 0 Å². The topological polar surface area (TPSA) is 81.7 Å². The van der Waals surface area contributed by atoms with E-state index in [2.05, 4.69) is 0 Å². The molecule has 6 heteroatoms.